The predicted molar refractivity (Wildman–Crippen MR) is 402 cm³/mol. The van der Waals surface area contributed by atoms with E-state index in [1.165, 1.54) is 34.9 Å². The Bertz CT molecular complexity index is 6890. The van der Waals surface area contributed by atoms with Crippen LogP contribution in [0, 0.1) is 20.0 Å². The summed E-state index contributed by atoms with van der Waals surface area (Å²) in [6.45, 7) is 6.20. The number of rotatable bonds is 12. The molecule has 4 heterocycles. The van der Waals surface area contributed by atoms with E-state index in [0.717, 1.165) is 32.9 Å². The van der Waals surface area contributed by atoms with Gasteiger partial charge in [-0.25, -0.2) is 4.98 Å². The third kappa shape index (κ3) is 10.5. The van der Waals surface area contributed by atoms with Crippen molar-refractivity contribution in [1.29, 1.82) is 0 Å². The fourth-order valence-electron chi connectivity index (χ4n) is 13.4. The molecule has 0 bridgehead atoms. The van der Waals surface area contributed by atoms with Gasteiger partial charge in [0.25, 0.3) is 6.33 Å². The van der Waals surface area contributed by atoms with Crippen LogP contribution in [0.4, 0.5) is 0 Å². The lowest BCUT2D eigenvalue weighted by molar-refractivity contribution is -0.570. The van der Waals surface area contributed by atoms with E-state index >= 15 is 0 Å². The van der Waals surface area contributed by atoms with Gasteiger partial charge in [-0.3, -0.25) is 13.7 Å². The SMILES string of the molecule is [2H]c1c([2H])c([2H])c([Si](CCc2cc3c4c(c2)n(-c2cccc(Oc5ccc6c7ccccc7n(-c7cc(C(C)(C)C)ccn7)c6c5)c2)[c-][n+]4-c2c(-c4ccc(C(C)(C)C)cc4)cc(-c4c(C([2H])([2H])[2H])cccc4C([2H])([2H])[2H])cc2-c2c([2H])c([2H])c([2H])c([2H])c2-c2c([2H])c([2H])c([2H])c([2H])c2-3)(c2c([2H])c([2H])c([2H])c([2H])c2[2H])c2c([2H])c([2H])c([2H])c([2H])c2[2H])c([2H])c1[2H]. The van der Waals surface area contributed by atoms with E-state index in [1.807, 2.05) is 86.0 Å². The van der Waals surface area contributed by atoms with E-state index in [0.29, 0.717) is 17.1 Å². The maximum absolute atomic E-state index is 10.4. The molecule has 6 heteroatoms. The molecule has 0 amide bonds. The van der Waals surface area contributed by atoms with Gasteiger partial charge in [-0.05, 0) is 197 Å². The first-order valence-corrected chi connectivity index (χ1v) is 33.5. The van der Waals surface area contributed by atoms with Crippen molar-refractivity contribution in [2.45, 2.75) is 78.5 Å². The molecule has 466 valence electrons. The summed E-state index contributed by atoms with van der Waals surface area (Å²) in [5, 5.41) is -0.441. The molecule has 0 fully saturated rings. The molecular formula is C90H76N4OSi. The number of para-hydroxylation sites is 1. The fourth-order valence-corrected chi connectivity index (χ4v) is 17.2. The number of fused-ring (bicyclic) bond motifs is 10. The van der Waals surface area contributed by atoms with Crippen molar-refractivity contribution in [2.24, 2.45) is 0 Å². The zero-order valence-corrected chi connectivity index (χ0v) is 54.0. The summed E-state index contributed by atoms with van der Waals surface area (Å²) in [6, 6.07) is 18.7. The van der Waals surface area contributed by atoms with E-state index in [-0.39, 0.29) is 67.0 Å². The average molecular weight is 1290 g/mol. The van der Waals surface area contributed by atoms with E-state index in [1.54, 1.807) is 65.4 Å². The molecule has 3 aromatic heterocycles. The zero-order chi connectivity index (χ0) is 90.5. The number of hydrogen-bond donors (Lipinski definition) is 0. The molecule has 0 spiro atoms. The Balaban J connectivity index is 1.09. The molecule has 0 saturated carbocycles. The number of nitrogens with zero attached hydrogens (tertiary/aromatic N) is 4. The molecule has 12 aromatic carbocycles. The van der Waals surface area contributed by atoms with Gasteiger partial charge in [0.2, 0.25) is 0 Å². The molecule has 5 nitrogen and oxygen atoms in total. The van der Waals surface area contributed by atoms with Crippen molar-refractivity contribution in [3.63, 3.8) is 0 Å². The highest BCUT2D eigenvalue weighted by molar-refractivity contribution is 7.11. The number of pyridine rings is 1. The van der Waals surface area contributed by atoms with Crippen LogP contribution in [0.2, 0.25) is 6.04 Å². The quantitative estimate of drug-likeness (QED) is 0.0529. The number of hydrogen-bond acceptors (Lipinski definition) is 2. The van der Waals surface area contributed by atoms with Gasteiger partial charge in [0, 0.05) is 31.3 Å². The minimum atomic E-state index is -5.68. The van der Waals surface area contributed by atoms with Crippen LogP contribution >= 0.6 is 0 Å². The predicted octanol–water partition coefficient (Wildman–Crippen LogP) is 20.6. The molecular weight excluding hydrogens is 1180 g/mol. The molecule has 0 aliphatic carbocycles. The van der Waals surface area contributed by atoms with Crippen LogP contribution < -0.4 is 24.9 Å². The highest BCUT2D eigenvalue weighted by atomic mass is 28.3. The second kappa shape index (κ2) is 23.8. The standard InChI is InChI=1S/C90H76N4OSi/c1-60-26-24-27-61(2)86(60)64-54-79(63-42-44-65(45-43-63)89(3,4)5)87-81(55-64)76-39-21-19-37-74(76)73-36-18-20-38-75(73)80-52-62(49-51-96(70-30-12-9-13-31-70,71-32-14-10-15-33-71)72-34-16-11-17-35-72)53-84-88(80)93(87)59-92(84)67-28-25-29-68(57-67)95-69-46-47-78-77-40-22-23-41-82(77)94(83(78)58-69)85-56-66(48-50-91-85)90(6,7)8/h9-48,50,52-58H,49,51H2,1-8H3/i1D3,2D3,9D,10D,11D,12D,13D,14D,15D,16D,17D,18D,19D,20D,21D,30D,31D,32D,33D,34D,35D,36D,37D,38D,39D. The minimum Gasteiger partial charge on any atom is -0.458 e. The normalized spacial score (nSPS) is 16.8. The van der Waals surface area contributed by atoms with Gasteiger partial charge < -0.3 is 4.74 Å². The van der Waals surface area contributed by atoms with Crippen LogP contribution in [-0.2, 0) is 17.3 Å². The van der Waals surface area contributed by atoms with Gasteiger partial charge in [-0.1, -0.05) is 259 Å². The van der Waals surface area contributed by atoms with Crippen LogP contribution in [-0.4, -0.2) is 22.2 Å². The Morgan fingerprint density at radius 2 is 1.05 bits per heavy atom. The van der Waals surface area contributed by atoms with Gasteiger partial charge in [0.05, 0.1) is 65.0 Å². The van der Waals surface area contributed by atoms with Gasteiger partial charge in [0.1, 0.15) is 25.4 Å². The Morgan fingerprint density at radius 3 is 1.69 bits per heavy atom. The molecule has 0 radical (unpaired) electrons. The lowest BCUT2D eigenvalue weighted by Gasteiger charge is -2.34. The molecule has 0 atom stereocenters. The largest absolute Gasteiger partial charge is 0.458 e. The van der Waals surface area contributed by atoms with Crippen LogP contribution in [0.3, 0.4) is 0 Å². The van der Waals surface area contributed by atoms with Crippen LogP contribution in [0.25, 0.3) is 106 Å². The van der Waals surface area contributed by atoms with Gasteiger partial charge in [0.15, 0.2) is 0 Å². The van der Waals surface area contributed by atoms with Crippen LogP contribution in [0.1, 0.15) is 109 Å². The summed E-state index contributed by atoms with van der Waals surface area (Å²) in [5.41, 5.74) is -0.218. The van der Waals surface area contributed by atoms with Crippen LogP contribution in [0.5, 0.6) is 11.5 Å². The zero-order valence-electron chi connectivity index (χ0n) is 82.0. The number of aromatic nitrogens is 4. The molecule has 1 aliphatic rings. The molecule has 0 saturated heterocycles. The summed E-state index contributed by atoms with van der Waals surface area (Å²) in [4.78, 5) is 4.88. The summed E-state index contributed by atoms with van der Waals surface area (Å²) in [6.07, 6.45) is 4.73. The third-order valence-corrected chi connectivity index (χ3v) is 22.4. The van der Waals surface area contributed by atoms with Crippen molar-refractivity contribution >= 4 is 56.5 Å². The molecule has 15 aromatic rings. The third-order valence-electron chi connectivity index (χ3n) is 18.1. The topological polar surface area (TPSA) is 35.9 Å². The number of benzene rings is 12. The maximum atomic E-state index is 10.4. The van der Waals surface area contributed by atoms with Gasteiger partial charge in [-0.2, -0.15) is 0 Å². The molecule has 0 unspecified atom stereocenters. The van der Waals surface area contributed by atoms with Crippen molar-refractivity contribution in [3.05, 3.63) is 325 Å². The first-order chi connectivity index (χ1) is 58.6. The van der Waals surface area contributed by atoms with Crippen molar-refractivity contribution < 1.29 is 49.1 Å². The van der Waals surface area contributed by atoms with E-state index in [4.69, 9.17) is 22.1 Å². The fraction of sp³-hybridized carbons (Fsp3) is 0.133. The van der Waals surface area contributed by atoms with Crippen LogP contribution in [0.15, 0.2) is 291 Å². The first kappa shape index (κ1) is 36.1. The van der Waals surface area contributed by atoms with Crippen molar-refractivity contribution in [2.75, 3.05) is 0 Å². The number of aryl methyl sites for hydroxylation is 3. The monoisotopic (exact) mass is 1290 g/mol. The molecule has 16 rings (SSSR count). The number of imidazole rings is 1. The average Bonchev–Trinajstić information content (AvgIpc) is 1.69. The Morgan fingerprint density at radius 1 is 0.479 bits per heavy atom. The highest BCUT2D eigenvalue weighted by Gasteiger charge is 2.39. The first-order valence-electron chi connectivity index (χ1n) is 45.8. The second-order valence-electron chi connectivity index (χ2n) is 25.9. The Kier molecular flexibility index (Phi) is 8.96. The lowest BCUT2D eigenvalue weighted by Crippen LogP contribution is -2.67. The van der Waals surface area contributed by atoms with E-state index in [2.05, 4.69) is 27.1 Å². The summed E-state index contributed by atoms with van der Waals surface area (Å²) in [7, 11) is -5.68. The smallest absolute Gasteiger partial charge is 0.269 e. The lowest BCUT2D eigenvalue weighted by atomic mass is 9.84. The summed E-state index contributed by atoms with van der Waals surface area (Å²) in [5.74, 6) is 1.19. The molecule has 96 heavy (non-hydrogen) atoms. The Labute approximate surface area is 605 Å². The number of ether oxygens (including phenoxy) is 1. The minimum absolute atomic E-state index is 0.0230. The van der Waals surface area contributed by atoms with Crippen molar-refractivity contribution in [1.82, 2.24) is 14.1 Å². The van der Waals surface area contributed by atoms with Crippen molar-refractivity contribution in [3.8, 4) is 84.3 Å². The second-order valence-corrected chi connectivity index (χ2v) is 29.8. The molecule has 1 aliphatic heterocycles. The van der Waals surface area contributed by atoms with Gasteiger partial charge in [-0.15, -0.1) is 0 Å². The van der Waals surface area contributed by atoms with E-state index in [9.17, 15) is 27.4 Å². The van der Waals surface area contributed by atoms with Gasteiger partial charge >= 0.3 is 0 Å². The highest BCUT2D eigenvalue weighted by Crippen LogP contribution is 2.48. The van der Waals surface area contributed by atoms with E-state index < -0.39 is 228 Å². The summed E-state index contributed by atoms with van der Waals surface area (Å²) < 4.78 is 288. The maximum Gasteiger partial charge on any atom is 0.269 e. The Hall–Kier alpha value is -10.9. The molecule has 0 N–H and O–H groups in total. The summed E-state index contributed by atoms with van der Waals surface area (Å²) >= 11 is 0.